The number of rotatable bonds is 4. The van der Waals surface area contributed by atoms with E-state index in [9.17, 15) is 13.2 Å². The van der Waals surface area contributed by atoms with Gasteiger partial charge >= 0.3 is 6.18 Å². The van der Waals surface area contributed by atoms with Crippen LogP contribution < -0.4 is 10.2 Å². The molecule has 3 aromatic rings. The largest absolute Gasteiger partial charge is 0.433 e. The lowest BCUT2D eigenvalue weighted by molar-refractivity contribution is -0.141. The zero-order valence-electron chi connectivity index (χ0n) is 16.1. The molecule has 1 saturated heterocycles. The van der Waals surface area contributed by atoms with Gasteiger partial charge in [-0.05, 0) is 31.2 Å². The summed E-state index contributed by atoms with van der Waals surface area (Å²) in [5, 5.41) is 2.95. The molecule has 1 aliphatic rings. The van der Waals surface area contributed by atoms with E-state index in [1.54, 1.807) is 25.1 Å². The van der Waals surface area contributed by atoms with Gasteiger partial charge in [0, 0.05) is 37.1 Å². The van der Waals surface area contributed by atoms with E-state index in [2.05, 4.69) is 30.2 Å². The first-order valence-corrected chi connectivity index (χ1v) is 9.34. The standard InChI is InChI=1S/C20H19F3N6O/c1-13-15(2-3-18(25-13)29-8-10-30-11-9-29)26-17-12-16(20(21,22)23)27-19(28-17)14-4-6-24-7-5-14/h2-7,12H,8-11H2,1H3,(H,26,27,28). The summed E-state index contributed by atoms with van der Waals surface area (Å²) in [5.74, 6) is 0.802. The molecule has 1 N–H and O–H groups in total. The fourth-order valence-corrected chi connectivity index (χ4v) is 3.07. The van der Waals surface area contributed by atoms with Gasteiger partial charge in [-0.1, -0.05) is 0 Å². The van der Waals surface area contributed by atoms with E-state index in [1.165, 1.54) is 12.4 Å². The number of aryl methyl sites for hydroxylation is 1. The lowest BCUT2D eigenvalue weighted by atomic mass is 10.2. The van der Waals surface area contributed by atoms with Crippen molar-refractivity contribution in [2.24, 2.45) is 0 Å². The number of nitrogens with zero attached hydrogens (tertiary/aromatic N) is 5. The molecule has 30 heavy (non-hydrogen) atoms. The minimum Gasteiger partial charge on any atom is -0.378 e. The van der Waals surface area contributed by atoms with Gasteiger partial charge < -0.3 is 15.0 Å². The van der Waals surface area contributed by atoms with Crippen molar-refractivity contribution in [1.29, 1.82) is 0 Å². The molecule has 1 aliphatic heterocycles. The molecule has 0 amide bonds. The van der Waals surface area contributed by atoms with E-state index in [4.69, 9.17) is 4.74 Å². The van der Waals surface area contributed by atoms with Gasteiger partial charge in [0.15, 0.2) is 11.5 Å². The smallest absolute Gasteiger partial charge is 0.378 e. The first-order valence-electron chi connectivity index (χ1n) is 9.34. The molecule has 4 heterocycles. The predicted octanol–water partition coefficient (Wildman–Crippen LogP) is 3.84. The van der Waals surface area contributed by atoms with Gasteiger partial charge in [0.25, 0.3) is 0 Å². The molecule has 0 unspecified atom stereocenters. The molecule has 0 radical (unpaired) electrons. The first-order chi connectivity index (χ1) is 14.4. The van der Waals surface area contributed by atoms with Crippen molar-refractivity contribution < 1.29 is 17.9 Å². The molecule has 0 spiro atoms. The maximum Gasteiger partial charge on any atom is 0.433 e. The van der Waals surface area contributed by atoms with Crippen molar-refractivity contribution in [1.82, 2.24) is 19.9 Å². The van der Waals surface area contributed by atoms with Crippen molar-refractivity contribution in [3.63, 3.8) is 0 Å². The van der Waals surface area contributed by atoms with Crippen LogP contribution in [0.1, 0.15) is 11.4 Å². The fourth-order valence-electron chi connectivity index (χ4n) is 3.07. The lowest BCUT2D eigenvalue weighted by Gasteiger charge is -2.28. The van der Waals surface area contributed by atoms with Gasteiger partial charge in [-0.2, -0.15) is 13.2 Å². The monoisotopic (exact) mass is 416 g/mol. The molecule has 156 valence electrons. The Morgan fingerprint density at radius 2 is 1.73 bits per heavy atom. The second kappa shape index (κ2) is 8.23. The highest BCUT2D eigenvalue weighted by Crippen LogP contribution is 2.32. The SMILES string of the molecule is Cc1nc(N2CCOCC2)ccc1Nc1cc(C(F)(F)F)nc(-c2ccncc2)n1. The Morgan fingerprint density at radius 3 is 2.40 bits per heavy atom. The van der Waals surface area contributed by atoms with Crippen molar-refractivity contribution in [2.45, 2.75) is 13.1 Å². The zero-order valence-corrected chi connectivity index (χ0v) is 16.1. The molecule has 1 fully saturated rings. The topological polar surface area (TPSA) is 76.1 Å². The number of anilines is 3. The molecule has 0 aromatic carbocycles. The highest BCUT2D eigenvalue weighted by atomic mass is 19.4. The normalized spacial score (nSPS) is 14.6. The van der Waals surface area contributed by atoms with Crippen molar-refractivity contribution in [3.8, 4) is 11.4 Å². The number of pyridine rings is 2. The van der Waals surface area contributed by atoms with E-state index in [0.717, 1.165) is 25.0 Å². The number of ether oxygens (including phenoxy) is 1. The summed E-state index contributed by atoms with van der Waals surface area (Å²) in [5.41, 5.74) is 0.634. The summed E-state index contributed by atoms with van der Waals surface area (Å²) in [6.45, 7) is 4.56. The van der Waals surface area contributed by atoms with E-state index in [0.29, 0.717) is 30.2 Å². The Kier molecular flexibility index (Phi) is 5.49. The lowest BCUT2D eigenvalue weighted by Crippen LogP contribution is -2.36. The minimum absolute atomic E-state index is 0.0353. The summed E-state index contributed by atoms with van der Waals surface area (Å²) < 4.78 is 45.5. The van der Waals surface area contributed by atoms with Crippen molar-refractivity contribution >= 4 is 17.3 Å². The van der Waals surface area contributed by atoms with Gasteiger partial charge in [0.05, 0.1) is 24.6 Å². The van der Waals surface area contributed by atoms with Crippen molar-refractivity contribution in [3.05, 3.63) is 54.1 Å². The maximum absolute atomic E-state index is 13.4. The third-order valence-corrected chi connectivity index (χ3v) is 4.62. The Balaban J connectivity index is 1.65. The van der Waals surface area contributed by atoms with Crippen LogP contribution in [0.2, 0.25) is 0 Å². The molecule has 0 saturated carbocycles. The third-order valence-electron chi connectivity index (χ3n) is 4.62. The van der Waals surface area contributed by atoms with Gasteiger partial charge in [-0.25, -0.2) is 15.0 Å². The molecular weight excluding hydrogens is 397 g/mol. The van der Waals surface area contributed by atoms with E-state index in [1.807, 2.05) is 6.07 Å². The Hall–Kier alpha value is -3.27. The Labute approximate surface area is 171 Å². The molecule has 0 atom stereocenters. The summed E-state index contributed by atoms with van der Waals surface area (Å²) in [4.78, 5) is 18.5. The van der Waals surface area contributed by atoms with Crippen LogP contribution in [0.4, 0.5) is 30.5 Å². The van der Waals surface area contributed by atoms with Gasteiger partial charge in [0.2, 0.25) is 0 Å². The number of hydrogen-bond acceptors (Lipinski definition) is 7. The van der Waals surface area contributed by atoms with E-state index in [-0.39, 0.29) is 11.6 Å². The molecule has 0 bridgehead atoms. The van der Waals surface area contributed by atoms with E-state index >= 15 is 0 Å². The maximum atomic E-state index is 13.4. The highest BCUT2D eigenvalue weighted by Gasteiger charge is 2.34. The fraction of sp³-hybridized carbons (Fsp3) is 0.300. The van der Waals surface area contributed by atoms with Crippen LogP contribution in [0, 0.1) is 6.92 Å². The third kappa shape index (κ3) is 4.48. The van der Waals surface area contributed by atoms with Crippen LogP contribution in [-0.4, -0.2) is 46.2 Å². The number of aromatic nitrogens is 4. The molecule has 7 nitrogen and oxygen atoms in total. The van der Waals surface area contributed by atoms with Gasteiger partial charge in [0.1, 0.15) is 11.6 Å². The Bertz CT molecular complexity index is 1020. The molecular formula is C20H19F3N6O. The van der Waals surface area contributed by atoms with Crippen LogP contribution in [0.15, 0.2) is 42.7 Å². The second-order valence-electron chi connectivity index (χ2n) is 6.72. The number of nitrogens with one attached hydrogen (secondary N) is 1. The van der Waals surface area contributed by atoms with Crippen LogP contribution >= 0.6 is 0 Å². The predicted molar refractivity (Wildman–Crippen MR) is 106 cm³/mol. The zero-order chi connectivity index (χ0) is 21.1. The van der Waals surface area contributed by atoms with Crippen LogP contribution in [-0.2, 0) is 10.9 Å². The first kappa shape index (κ1) is 20.0. The van der Waals surface area contributed by atoms with Crippen LogP contribution in [0.25, 0.3) is 11.4 Å². The Morgan fingerprint density at radius 1 is 1.00 bits per heavy atom. The highest BCUT2D eigenvalue weighted by molar-refractivity contribution is 5.64. The second-order valence-corrected chi connectivity index (χ2v) is 6.72. The van der Waals surface area contributed by atoms with E-state index < -0.39 is 11.9 Å². The number of hydrogen-bond donors (Lipinski definition) is 1. The molecule has 4 rings (SSSR count). The summed E-state index contributed by atoms with van der Waals surface area (Å²) in [6.07, 6.45) is -1.65. The minimum atomic E-state index is -4.60. The summed E-state index contributed by atoms with van der Waals surface area (Å²) in [6, 6.07) is 7.62. The number of morpholine rings is 1. The number of halogens is 3. The summed E-state index contributed by atoms with van der Waals surface area (Å²) in [7, 11) is 0. The van der Waals surface area contributed by atoms with Crippen molar-refractivity contribution in [2.75, 3.05) is 36.5 Å². The average molecular weight is 416 g/mol. The molecule has 10 heteroatoms. The average Bonchev–Trinajstić information content (AvgIpc) is 2.75. The number of alkyl halides is 3. The van der Waals surface area contributed by atoms with Crippen LogP contribution in [0.3, 0.4) is 0 Å². The molecule has 0 aliphatic carbocycles. The molecule has 3 aromatic heterocycles. The summed E-state index contributed by atoms with van der Waals surface area (Å²) >= 11 is 0. The quantitative estimate of drug-likeness (QED) is 0.693. The van der Waals surface area contributed by atoms with Gasteiger partial charge in [-0.3, -0.25) is 4.98 Å². The van der Waals surface area contributed by atoms with Gasteiger partial charge in [-0.15, -0.1) is 0 Å². The van der Waals surface area contributed by atoms with Crippen LogP contribution in [0.5, 0.6) is 0 Å².